The van der Waals surface area contributed by atoms with Gasteiger partial charge in [0.05, 0.1) is 5.69 Å². The Balaban J connectivity index is 1.72. The summed E-state index contributed by atoms with van der Waals surface area (Å²) in [6.07, 6.45) is 1.71. The van der Waals surface area contributed by atoms with Crippen molar-refractivity contribution in [2.24, 2.45) is 0 Å². The van der Waals surface area contributed by atoms with E-state index >= 15 is 0 Å². The van der Waals surface area contributed by atoms with Crippen molar-refractivity contribution in [3.63, 3.8) is 0 Å². The van der Waals surface area contributed by atoms with Crippen LogP contribution in [0.1, 0.15) is 31.9 Å². The summed E-state index contributed by atoms with van der Waals surface area (Å²) in [5.41, 5.74) is 4.93. The number of aromatic nitrogens is 2. The summed E-state index contributed by atoms with van der Waals surface area (Å²) in [6.45, 7) is 9.03. The third kappa shape index (κ3) is 2.89. The molecule has 31 heavy (non-hydrogen) atoms. The van der Waals surface area contributed by atoms with Crippen LogP contribution in [-0.2, 0) is 5.41 Å². The van der Waals surface area contributed by atoms with Crippen LogP contribution < -0.4 is 0 Å². The van der Waals surface area contributed by atoms with Crippen LogP contribution in [-0.4, -0.2) is 9.97 Å². The van der Waals surface area contributed by atoms with E-state index in [1.54, 1.807) is 17.7 Å². The lowest BCUT2D eigenvalue weighted by atomic mass is 9.82. The maximum Gasteiger partial charge on any atom is 0.128 e. The molecule has 4 heteroatoms. The predicted octanol–water partition coefficient (Wildman–Crippen LogP) is 8.49. The average Bonchev–Trinajstić information content (AvgIpc) is 3.30. The Bertz CT molecular complexity index is 1630. The molecule has 0 saturated heterocycles. The van der Waals surface area contributed by atoms with Crippen LogP contribution in [0.5, 0.6) is 0 Å². The zero-order valence-corrected chi connectivity index (χ0v) is 19.6. The van der Waals surface area contributed by atoms with E-state index in [1.165, 1.54) is 47.5 Å². The van der Waals surface area contributed by atoms with Gasteiger partial charge in [0.1, 0.15) is 11.2 Å². The fourth-order valence-electron chi connectivity index (χ4n) is 4.54. The number of fused-ring (bicyclic) bond motifs is 5. The van der Waals surface area contributed by atoms with Gasteiger partial charge in [0.2, 0.25) is 0 Å². The quantitative estimate of drug-likeness (QED) is 0.257. The van der Waals surface area contributed by atoms with Crippen molar-refractivity contribution in [2.75, 3.05) is 0 Å². The number of nitrogens with zero attached hydrogens (tertiary/aromatic N) is 2. The highest BCUT2D eigenvalue weighted by Crippen LogP contribution is 2.42. The SMILES string of the molecule is Cc1csc2cc3c(cc12)sc1ncnc(-c2cc(C(C)(C)C)c4ccccc4c2)c13. The average molecular weight is 439 g/mol. The van der Waals surface area contributed by atoms with Gasteiger partial charge in [-0.3, -0.25) is 0 Å². The first-order valence-corrected chi connectivity index (χ1v) is 12.2. The maximum atomic E-state index is 4.81. The molecule has 0 bridgehead atoms. The zero-order chi connectivity index (χ0) is 21.3. The molecule has 0 fully saturated rings. The molecule has 0 amide bonds. The molecule has 3 aromatic heterocycles. The molecule has 3 heterocycles. The Morgan fingerprint density at radius 2 is 1.65 bits per heavy atom. The fourth-order valence-corrected chi connectivity index (χ4v) is 6.57. The number of hydrogen-bond donors (Lipinski definition) is 0. The zero-order valence-electron chi connectivity index (χ0n) is 18.0. The minimum absolute atomic E-state index is 0.0408. The number of hydrogen-bond acceptors (Lipinski definition) is 4. The number of aryl methyl sites for hydroxylation is 1. The third-order valence-corrected chi connectivity index (χ3v) is 8.22. The molecule has 0 atom stereocenters. The molecule has 0 aliphatic carbocycles. The van der Waals surface area contributed by atoms with E-state index in [4.69, 9.17) is 4.98 Å². The first-order chi connectivity index (χ1) is 14.9. The second kappa shape index (κ2) is 6.59. The largest absolute Gasteiger partial charge is 0.236 e. The minimum atomic E-state index is 0.0408. The molecule has 6 aromatic rings. The second-order valence-corrected chi connectivity index (χ2v) is 11.2. The van der Waals surface area contributed by atoms with E-state index in [0.717, 1.165) is 16.1 Å². The van der Waals surface area contributed by atoms with Gasteiger partial charge in [-0.25, -0.2) is 9.97 Å². The lowest BCUT2D eigenvalue weighted by Crippen LogP contribution is -2.12. The van der Waals surface area contributed by atoms with Gasteiger partial charge in [-0.2, -0.15) is 0 Å². The van der Waals surface area contributed by atoms with Crippen LogP contribution in [0.3, 0.4) is 0 Å². The molecular weight excluding hydrogens is 416 g/mol. The Kier molecular flexibility index (Phi) is 4.02. The van der Waals surface area contributed by atoms with E-state index in [0.29, 0.717) is 0 Å². The molecule has 0 aliphatic heterocycles. The summed E-state index contributed by atoms with van der Waals surface area (Å²) in [5, 5.41) is 8.59. The van der Waals surface area contributed by atoms with Gasteiger partial charge in [-0.15, -0.1) is 22.7 Å². The topological polar surface area (TPSA) is 25.8 Å². The standard InChI is InChI=1S/C27H22N2S2/c1-15-13-30-22-12-20-23(11-19(15)22)31-26-24(20)25(28-14-29-26)17-9-16-7-5-6-8-18(16)21(10-17)27(2,3)4/h5-14H,1-4H3. The lowest BCUT2D eigenvalue weighted by molar-refractivity contribution is 0.596. The van der Waals surface area contributed by atoms with Crippen LogP contribution in [0.4, 0.5) is 0 Å². The highest BCUT2D eigenvalue weighted by Gasteiger charge is 2.21. The Hall–Kier alpha value is -2.82. The van der Waals surface area contributed by atoms with Gasteiger partial charge in [0.15, 0.2) is 0 Å². The monoisotopic (exact) mass is 438 g/mol. The van der Waals surface area contributed by atoms with Crippen LogP contribution in [0.2, 0.25) is 0 Å². The van der Waals surface area contributed by atoms with Crippen LogP contribution in [0, 0.1) is 6.92 Å². The number of benzene rings is 3. The second-order valence-electron chi connectivity index (χ2n) is 9.26. The van der Waals surface area contributed by atoms with E-state index < -0.39 is 0 Å². The summed E-state index contributed by atoms with van der Waals surface area (Å²) in [7, 11) is 0. The molecule has 0 spiro atoms. The molecule has 3 aromatic carbocycles. The van der Waals surface area contributed by atoms with E-state index in [-0.39, 0.29) is 5.41 Å². The predicted molar refractivity (Wildman–Crippen MR) is 137 cm³/mol. The van der Waals surface area contributed by atoms with Gasteiger partial charge in [-0.05, 0) is 69.3 Å². The molecule has 0 N–H and O–H groups in total. The molecule has 152 valence electrons. The van der Waals surface area contributed by atoms with Gasteiger partial charge in [0.25, 0.3) is 0 Å². The summed E-state index contributed by atoms with van der Waals surface area (Å²) in [4.78, 5) is 10.5. The molecule has 0 saturated carbocycles. The molecule has 0 unspecified atom stereocenters. The molecule has 0 aliphatic rings. The number of rotatable bonds is 1. The van der Waals surface area contributed by atoms with Crippen molar-refractivity contribution >= 4 is 63.8 Å². The van der Waals surface area contributed by atoms with Crippen molar-refractivity contribution < 1.29 is 0 Å². The van der Waals surface area contributed by atoms with E-state index in [1.807, 2.05) is 11.3 Å². The van der Waals surface area contributed by atoms with Crippen molar-refractivity contribution in [1.29, 1.82) is 0 Å². The smallest absolute Gasteiger partial charge is 0.128 e. The summed E-state index contributed by atoms with van der Waals surface area (Å²) >= 11 is 3.58. The fraction of sp³-hybridized carbons (Fsp3) is 0.185. The van der Waals surface area contributed by atoms with Crippen LogP contribution in [0.15, 0.2) is 60.2 Å². The van der Waals surface area contributed by atoms with Gasteiger partial charge >= 0.3 is 0 Å². The summed E-state index contributed by atoms with van der Waals surface area (Å²) < 4.78 is 2.61. The highest BCUT2D eigenvalue weighted by molar-refractivity contribution is 7.25. The van der Waals surface area contributed by atoms with Crippen LogP contribution in [0.25, 0.3) is 52.4 Å². The van der Waals surface area contributed by atoms with Gasteiger partial charge in [-0.1, -0.05) is 45.0 Å². The Morgan fingerprint density at radius 1 is 0.839 bits per heavy atom. The molecule has 2 nitrogen and oxygen atoms in total. The van der Waals surface area contributed by atoms with Crippen molar-refractivity contribution in [2.45, 2.75) is 33.1 Å². The first-order valence-electron chi connectivity index (χ1n) is 10.5. The lowest BCUT2D eigenvalue weighted by Gasteiger charge is -2.22. The molecular formula is C27H22N2S2. The highest BCUT2D eigenvalue weighted by atomic mass is 32.1. The van der Waals surface area contributed by atoms with E-state index in [2.05, 4.69) is 86.6 Å². The minimum Gasteiger partial charge on any atom is -0.236 e. The van der Waals surface area contributed by atoms with Crippen molar-refractivity contribution in [3.05, 3.63) is 71.4 Å². The Labute approximate surface area is 189 Å². The third-order valence-electron chi connectivity index (χ3n) is 6.10. The van der Waals surface area contributed by atoms with Crippen molar-refractivity contribution in [1.82, 2.24) is 9.97 Å². The first kappa shape index (κ1) is 18.9. The van der Waals surface area contributed by atoms with Crippen LogP contribution >= 0.6 is 22.7 Å². The molecule has 6 rings (SSSR count). The van der Waals surface area contributed by atoms with Crippen molar-refractivity contribution in [3.8, 4) is 11.3 Å². The van der Waals surface area contributed by atoms with Gasteiger partial charge in [0, 0.05) is 25.7 Å². The summed E-state index contributed by atoms with van der Waals surface area (Å²) in [5.74, 6) is 0. The summed E-state index contributed by atoms with van der Waals surface area (Å²) in [6, 6.07) is 17.9. The van der Waals surface area contributed by atoms with Gasteiger partial charge < -0.3 is 0 Å². The Morgan fingerprint density at radius 3 is 2.48 bits per heavy atom. The molecule has 0 radical (unpaired) electrons. The number of thiophene rings is 2. The normalized spacial score (nSPS) is 12.5. The maximum absolute atomic E-state index is 4.81. The van der Waals surface area contributed by atoms with E-state index in [9.17, 15) is 0 Å².